The maximum atomic E-state index is 13.8. The Morgan fingerprint density at radius 3 is 2.35 bits per heavy atom. The molecule has 3 heteroatoms. The maximum absolute atomic E-state index is 13.8. The number of halogens is 1. The number of benzene rings is 1. The van der Waals surface area contributed by atoms with Crippen molar-refractivity contribution < 1.29 is 4.39 Å². The lowest BCUT2D eigenvalue weighted by atomic mass is 9.94. The molecule has 0 aromatic heterocycles. The SMILES string of the molecule is CCC(C)CN(CC)CC(C)C(N)c1ccccc1F. The van der Waals surface area contributed by atoms with Crippen molar-refractivity contribution in [3.05, 3.63) is 35.6 Å². The molecule has 0 aliphatic rings. The van der Waals surface area contributed by atoms with Crippen molar-refractivity contribution in [1.82, 2.24) is 4.90 Å². The summed E-state index contributed by atoms with van der Waals surface area (Å²) in [6.45, 7) is 11.8. The number of hydrogen-bond donors (Lipinski definition) is 1. The average molecular weight is 280 g/mol. The second-order valence-electron chi connectivity index (χ2n) is 5.89. The zero-order chi connectivity index (χ0) is 15.1. The molecule has 0 radical (unpaired) electrons. The highest BCUT2D eigenvalue weighted by atomic mass is 19.1. The van der Waals surface area contributed by atoms with Crippen LogP contribution in [-0.4, -0.2) is 24.5 Å². The zero-order valence-electron chi connectivity index (χ0n) is 13.3. The van der Waals surface area contributed by atoms with E-state index in [0.29, 0.717) is 11.5 Å². The van der Waals surface area contributed by atoms with E-state index in [0.717, 1.165) is 19.6 Å². The van der Waals surface area contributed by atoms with E-state index in [2.05, 4.69) is 32.6 Å². The van der Waals surface area contributed by atoms with Gasteiger partial charge in [-0.1, -0.05) is 52.3 Å². The summed E-state index contributed by atoms with van der Waals surface area (Å²) in [5.74, 6) is 0.722. The summed E-state index contributed by atoms with van der Waals surface area (Å²) < 4.78 is 13.8. The van der Waals surface area contributed by atoms with E-state index < -0.39 is 0 Å². The van der Waals surface area contributed by atoms with Crippen LogP contribution in [0.5, 0.6) is 0 Å². The Hall–Kier alpha value is -0.930. The van der Waals surface area contributed by atoms with Crippen molar-refractivity contribution in [2.24, 2.45) is 17.6 Å². The van der Waals surface area contributed by atoms with Crippen LogP contribution in [-0.2, 0) is 0 Å². The Morgan fingerprint density at radius 1 is 1.15 bits per heavy atom. The highest BCUT2D eigenvalue weighted by Gasteiger charge is 2.20. The van der Waals surface area contributed by atoms with E-state index in [1.54, 1.807) is 12.1 Å². The molecule has 0 heterocycles. The van der Waals surface area contributed by atoms with Gasteiger partial charge in [0.2, 0.25) is 0 Å². The first-order valence-electron chi connectivity index (χ1n) is 7.71. The van der Waals surface area contributed by atoms with Crippen LogP contribution in [0.2, 0.25) is 0 Å². The first-order valence-corrected chi connectivity index (χ1v) is 7.71. The van der Waals surface area contributed by atoms with Crippen LogP contribution in [0.1, 0.15) is 45.7 Å². The summed E-state index contributed by atoms with van der Waals surface area (Å²) in [6.07, 6.45) is 1.18. The third kappa shape index (κ3) is 4.88. The number of nitrogens with two attached hydrogens (primary N) is 1. The topological polar surface area (TPSA) is 29.3 Å². The van der Waals surface area contributed by atoms with E-state index in [4.69, 9.17) is 5.73 Å². The van der Waals surface area contributed by atoms with Crippen LogP contribution in [0.15, 0.2) is 24.3 Å². The molecule has 3 atom stereocenters. The fraction of sp³-hybridized carbons (Fsp3) is 0.647. The van der Waals surface area contributed by atoms with Crippen LogP contribution in [0.3, 0.4) is 0 Å². The molecule has 0 amide bonds. The lowest BCUT2D eigenvalue weighted by Crippen LogP contribution is -2.36. The molecule has 2 nitrogen and oxygen atoms in total. The van der Waals surface area contributed by atoms with E-state index >= 15 is 0 Å². The molecule has 114 valence electrons. The minimum atomic E-state index is -0.248. The van der Waals surface area contributed by atoms with Gasteiger partial charge in [-0.2, -0.15) is 0 Å². The quantitative estimate of drug-likeness (QED) is 0.784. The molecule has 0 saturated carbocycles. The first-order chi connectivity index (χ1) is 9.49. The van der Waals surface area contributed by atoms with Crippen molar-refractivity contribution in [3.63, 3.8) is 0 Å². The predicted octanol–water partition coefficient (Wildman–Crippen LogP) is 3.83. The summed E-state index contributed by atoms with van der Waals surface area (Å²) in [5.41, 5.74) is 6.86. The largest absolute Gasteiger partial charge is 0.324 e. The minimum Gasteiger partial charge on any atom is -0.324 e. The van der Waals surface area contributed by atoms with Crippen molar-refractivity contribution in [2.45, 2.75) is 40.2 Å². The maximum Gasteiger partial charge on any atom is 0.127 e. The summed E-state index contributed by atoms with van der Waals surface area (Å²) in [6, 6.07) is 6.58. The van der Waals surface area contributed by atoms with E-state index in [1.807, 2.05) is 6.07 Å². The molecule has 0 saturated heterocycles. The Labute approximate surface area is 123 Å². The first kappa shape index (κ1) is 17.1. The molecule has 2 N–H and O–H groups in total. The van der Waals surface area contributed by atoms with Crippen LogP contribution in [0.4, 0.5) is 4.39 Å². The molecule has 0 aliphatic carbocycles. The van der Waals surface area contributed by atoms with Crippen LogP contribution >= 0.6 is 0 Å². The van der Waals surface area contributed by atoms with E-state index in [1.165, 1.54) is 12.5 Å². The third-order valence-corrected chi connectivity index (χ3v) is 4.14. The molecule has 20 heavy (non-hydrogen) atoms. The van der Waals surface area contributed by atoms with Gasteiger partial charge in [0.05, 0.1) is 0 Å². The summed E-state index contributed by atoms with van der Waals surface area (Å²) in [7, 11) is 0. The molecule has 1 aromatic rings. The summed E-state index contributed by atoms with van der Waals surface area (Å²) >= 11 is 0. The van der Waals surface area contributed by atoms with Crippen LogP contribution in [0, 0.1) is 17.7 Å². The fourth-order valence-corrected chi connectivity index (χ4v) is 2.48. The van der Waals surface area contributed by atoms with Crippen molar-refractivity contribution >= 4 is 0 Å². The van der Waals surface area contributed by atoms with Gasteiger partial charge in [0.15, 0.2) is 0 Å². The Balaban J connectivity index is 2.64. The van der Waals surface area contributed by atoms with Gasteiger partial charge in [-0.25, -0.2) is 4.39 Å². The smallest absolute Gasteiger partial charge is 0.127 e. The second-order valence-corrected chi connectivity index (χ2v) is 5.89. The Morgan fingerprint density at radius 2 is 1.80 bits per heavy atom. The van der Waals surface area contributed by atoms with Crippen molar-refractivity contribution in [3.8, 4) is 0 Å². The second kappa shape index (κ2) is 8.38. The van der Waals surface area contributed by atoms with Gasteiger partial charge in [-0.05, 0) is 24.4 Å². The zero-order valence-corrected chi connectivity index (χ0v) is 13.3. The van der Waals surface area contributed by atoms with E-state index in [9.17, 15) is 4.39 Å². The highest BCUT2D eigenvalue weighted by Crippen LogP contribution is 2.23. The summed E-state index contributed by atoms with van der Waals surface area (Å²) in [5, 5.41) is 0. The van der Waals surface area contributed by atoms with Gasteiger partial charge in [0.1, 0.15) is 5.82 Å². The third-order valence-electron chi connectivity index (χ3n) is 4.14. The molecule has 1 aromatic carbocycles. The molecular formula is C17H29FN2. The molecule has 1 rings (SSSR count). The number of rotatable bonds is 8. The predicted molar refractivity (Wildman–Crippen MR) is 84.1 cm³/mol. The van der Waals surface area contributed by atoms with E-state index in [-0.39, 0.29) is 17.8 Å². The highest BCUT2D eigenvalue weighted by molar-refractivity contribution is 5.21. The van der Waals surface area contributed by atoms with Gasteiger partial charge in [0, 0.05) is 24.7 Å². The standard InChI is InChI=1S/C17H29FN2/c1-5-13(3)11-20(6-2)12-14(4)17(19)15-9-7-8-10-16(15)18/h7-10,13-14,17H,5-6,11-12,19H2,1-4H3. The molecule has 3 unspecified atom stereocenters. The molecule has 0 fully saturated rings. The summed E-state index contributed by atoms with van der Waals surface area (Å²) in [4.78, 5) is 2.42. The molecular weight excluding hydrogens is 251 g/mol. The van der Waals surface area contributed by atoms with Gasteiger partial charge < -0.3 is 10.6 Å². The monoisotopic (exact) mass is 280 g/mol. The minimum absolute atomic E-state index is 0.197. The average Bonchev–Trinajstić information content (AvgIpc) is 2.45. The lowest BCUT2D eigenvalue weighted by molar-refractivity contribution is 0.202. The van der Waals surface area contributed by atoms with Gasteiger partial charge in [-0.3, -0.25) is 0 Å². The van der Waals surface area contributed by atoms with Crippen LogP contribution in [0.25, 0.3) is 0 Å². The van der Waals surface area contributed by atoms with Gasteiger partial charge >= 0.3 is 0 Å². The Bertz CT molecular complexity index is 394. The molecule has 0 aliphatic heterocycles. The van der Waals surface area contributed by atoms with Crippen LogP contribution < -0.4 is 5.73 Å². The van der Waals surface area contributed by atoms with Crippen molar-refractivity contribution in [1.29, 1.82) is 0 Å². The Kier molecular flexibility index (Phi) is 7.17. The molecule has 0 bridgehead atoms. The number of nitrogens with zero attached hydrogens (tertiary/aromatic N) is 1. The lowest BCUT2D eigenvalue weighted by Gasteiger charge is -2.29. The van der Waals surface area contributed by atoms with Gasteiger partial charge in [-0.15, -0.1) is 0 Å². The molecule has 0 spiro atoms. The van der Waals surface area contributed by atoms with Gasteiger partial charge in [0.25, 0.3) is 0 Å². The van der Waals surface area contributed by atoms with Crippen molar-refractivity contribution in [2.75, 3.05) is 19.6 Å². The fourth-order valence-electron chi connectivity index (χ4n) is 2.48. The number of hydrogen-bond acceptors (Lipinski definition) is 2. The normalized spacial score (nSPS) is 16.1.